The number of carboxylic acid groups (broad SMARTS) is 1. The first-order valence-corrected chi connectivity index (χ1v) is 5.71. The van der Waals surface area contributed by atoms with Crippen molar-refractivity contribution in [1.82, 2.24) is 4.90 Å². The molecule has 0 fully saturated rings. The zero-order valence-corrected chi connectivity index (χ0v) is 10.6. The minimum absolute atomic E-state index is 0.111. The molecule has 0 aliphatic heterocycles. The standard InChI is InChI=1S/C11H15BrN2O2/c1-14(10(6-13)11(15)16)7-8-3-2-4-9(12)5-8/h2-5,10H,6-7,13H2,1H3,(H,15,16). The van der Waals surface area contributed by atoms with Gasteiger partial charge in [0.15, 0.2) is 0 Å². The van der Waals surface area contributed by atoms with E-state index in [1.807, 2.05) is 24.3 Å². The number of benzene rings is 1. The molecule has 0 bridgehead atoms. The summed E-state index contributed by atoms with van der Waals surface area (Å²) in [4.78, 5) is 12.6. The molecule has 0 aliphatic rings. The van der Waals surface area contributed by atoms with Crippen LogP contribution in [0, 0.1) is 0 Å². The van der Waals surface area contributed by atoms with Crippen LogP contribution in [-0.4, -0.2) is 35.6 Å². The summed E-state index contributed by atoms with van der Waals surface area (Å²) in [5.41, 5.74) is 6.48. The fourth-order valence-corrected chi connectivity index (χ4v) is 1.95. The van der Waals surface area contributed by atoms with E-state index in [0.29, 0.717) is 6.54 Å². The molecule has 3 N–H and O–H groups in total. The number of aliphatic carboxylic acids is 1. The summed E-state index contributed by atoms with van der Waals surface area (Å²) in [7, 11) is 1.76. The van der Waals surface area contributed by atoms with E-state index in [0.717, 1.165) is 10.0 Å². The van der Waals surface area contributed by atoms with Crippen molar-refractivity contribution in [2.45, 2.75) is 12.6 Å². The summed E-state index contributed by atoms with van der Waals surface area (Å²) in [6, 6.07) is 7.13. The number of carbonyl (C=O) groups is 1. The molecule has 5 heteroatoms. The van der Waals surface area contributed by atoms with E-state index in [1.54, 1.807) is 11.9 Å². The predicted molar refractivity (Wildman–Crippen MR) is 66.1 cm³/mol. The van der Waals surface area contributed by atoms with Crippen LogP contribution in [0.4, 0.5) is 0 Å². The van der Waals surface area contributed by atoms with Crippen molar-refractivity contribution >= 4 is 21.9 Å². The monoisotopic (exact) mass is 286 g/mol. The van der Waals surface area contributed by atoms with Gasteiger partial charge < -0.3 is 10.8 Å². The highest BCUT2D eigenvalue weighted by molar-refractivity contribution is 9.10. The number of nitrogens with two attached hydrogens (primary N) is 1. The second-order valence-corrected chi connectivity index (χ2v) is 4.55. The fourth-order valence-electron chi connectivity index (χ4n) is 1.50. The first kappa shape index (κ1) is 13.2. The maximum absolute atomic E-state index is 10.9. The minimum Gasteiger partial charge on any atom is -0.480 e. The van der Waals surface area contributed by atoms with Crippen molar-refractivity contribution in [3.63, 3.8) is 0 Å². The Hall–Kier alpha value is -0.910. The van der Waals surface area contributed by atoms with Crippen LogP contribution in [-0.2, 0) is 11.3 Å². The molecule has 1 unspecified atom stereocenters. The molecule has 0 spiro atoms. The number of likely N-dealkylation sites (N-methyl/N-ethyl adjacent to an activating group) is 1. The van der Waals surface area contributed by atoms with Crippen LogP contribution in [0.5, 0.6) is 0 Å². The molecule has 1 atom stereocenters. The lowest BCUT2D eigenvalue weighted by atomic mass is 10.2. The van der Waals surface area contributed by atoms with Crippen LogP contribution in [0.3, 0.4) is 0 Å². The number of hydrogen-bond acceptors (Lipinski definition) is 3. The largest absolute Gasteiger partial charge is 0.480 e. The lowest BCUT2D eigenvalue weighted by Crippen LogP contribution is -2.43. The topological polar surface area (TPSA) is 66.6 Å². The van der Waals surface area contributed by atoms with Crippen LogP contribution in [0.2, 0.25) is 0 Å². The third kappa shape index (κ3) is 3.59. The number of rotatable bonds is 5. The molecule has 16 heavy (non-hydrogen) atoms. The maximum atomic E-state index is 10.9. The highest BCUT2D eigenvalue weighted by atomic mass is 79.9. The molecular formula is C11H15BrN2O2. The van der Waals surface area contributed by atoms with Gasteiger partial charge in [0.1, 0.15) is 6.04 Å². The van der Waals surface area contributed by atoms with Crippen LogP contribution in [0.15, 0.2) is 28.7 Å². The van der Waals surface area contributed by atoms with Gasteiger partial charge in [-0.25, -0.2) is 0 Å². The third-order valence-corrected chi connectivity index (χ3v) is 2.85. The zero-order chi connectivity index (χ0) is 12.1. The van der Waals surface area contributed by atoms with Crippen molar-refractivity contribution in [2.75, 3.05) is 13.6 Å². The van der Waals surface area contributed by atoms with Crippen LogP contribution in [0.1, 0.15) is 5.56 Å². The van der Waals surface area contributed by atoms with Crippen LogP contribution >= 0.6 is 15.9 Å². The Morgan fingerprint density at radius 1 is 1.62 bits per heavy atom. The molecule has 0 amide bonds. The Morgan fingerprint density at radius 2 is 2.31 bits per heavy atom. The molecule has 0 saturated heterocycles. The molecule has 0 aliphatic carbocycles. The van der Waals surface area contributed by atoms with Gasteiger partial charge in [0, 0.05) is 17.6 Å². The average Bonchev–Trinajstić information content (AvgIpc) is 2.17. The maximum Gasteiger partial charge on any atom is 0.322 e. The van der Waals surface area contributed by atoms with E-state index >= 15 is 0 Å². The molecule has 1 aromatic rings. The lowest BCUT2D eigenvalue weighted by molar-refractivity contribution is -0.142. The number of nitrogens with zero attached hydrogens (tertiary/aromatic N) is 1. The number of halogens is 1. The third-order valence-electron chi connectivity index (χ3n) is 2.36. The van der Waals surface area contributed by atoms with Crippen molar-refractivity contribution in [3.05, 3.63) is 34.3 Å². The summed E-state index contributed by atoms with van der Waals surface area (Å²) in [5.74, 6) is -0.889. The van der Waals surface area contributed by atoms with E-state index in [4.69, 9.17) is 10.8 Å². The molecule has 1 aromatic carbocycles. The highest BCUT2D eigenvalue weighted by Gasteiger charge is 2.20. The highest BCUT2D eigenvalue weighted by Crippen LogP contribution is 2.13. The van der Waals surface area contributed by atoms with E-state index in [9.17, 15) is 4.79 Å². The molecule has 0 heterocycles. The van der Waals surface area contributed by atoms with Crippen molar-refractivity contribution in [1.29, 1.82) is 0 Å². The SMILES string of the molecule is CN(Cc1cccc(Br)c1)C(CN)C(=O)O. The van der Waals surface area contributed by atoms with Gasteiger partial charge in [-0.05, 0) is 24.7 Å². The normalized spacial score (nSPS) is 12.8. The Balaban J connectivity index is 2.69. The summed E-state index contributed by atoms with van der Waals surface area (Å²) >= 11 is 3.38. The molecule has 4 nitrogen and oxygen atoms in total. The molecular weight excluding hydrogens is 272 g/mol. The van der Waals surface area contributed by atoms with Gasteiger partial charge in [0.05, 0.1) is 0 Å². The summed E-state index contributed by atoms with van der Waals surface area (Å²) in [5, 5.41) is 8.95. The zero-order valence-electron chi connectivity index (χ0n) is 9.06. The Labute approximate surface area is 103 Å². The van der Waals surface area contributed by atoms with Crippen molar-refractivity contribution in [2.24, 2.45) is 5.73 Å². The number of carboxylic acids is 1. The Kier molecular flexibility index (Phi) is 4.92. The second-order valence-electron chi connectivity index (χ2n) is 3.63. The van der Waals surface area contributed by atoms with E-state index in [-0.39, 0.29) is 6.54 Å². The van der Waals surface area contributed by atoms with Gasteiger partial charge in [0.25, 0.3) is 0 Å². The smallest absolute Gasteiger partial charge is 0.322 e. The second kappa shape index (κ2) is 5.98. The van der Waals surface area contributed by atoms with Crippen LogP contribution < -0.4 is 5.73 Å². The molecule has 0 radical (unpaired) electrons. The van der Waals surface area contributed by atoms with Gasteiger partial charge in [-0.15, -0.1) is 0 Å². The first-order chi connectivity index (χ1) is 7.54. The minimum atomic E-state index is -0.889. The van der Waals surface area contributed by atoms with Crippen LogP contribution in [0.25, 0.3) is 0 Å². The number of hydrogen-bond donors (Lipinski definition) is 2. The lowest BCUT2D eigenvalue weighted by Gasteiger charge is -2.23. The quantitative estimate of drug-likeness (QED) is 0.856. The molecule has 88 valence electrons. The van der Waals surface area contributed by atoms with Crippen molar-refractivity contribution in [3.8, 4) is 0 Å². The molecule has 0 saturated carbocycles. The van der Waals surface area contributed by atoms with Gasteiger partial charge in [-0.1, -0.05) is 28.1 Å². The summed E-state index contributed by atoms with van der Waals surface area (Å²) in [6.45, 7) is 0.674. The van der Waals surface area contributed by atoms with Gasteiger partial charge >= 0.3 is 5.97 Å². The average molecular weight is 287 g/mol. The van der Waals surface area contributed by atoms with Gasteiger partial charge in [0.2, 0.25) is 0 Å². The van der Waals surface area contributed by atoms with Gasteiger partial charge in [-0.2, -0.15) is 0 Å². The summed E-state index contributed by atoms with van der Waals surface area (Å²) < 4.78 is 0.984. The molecule has 1 rings (SSSR count). The van der Waals surface area contributed by atoms with Gasteiger partial charge in [-0.3, -0.25) is 9.69 Å². The van der Waals surface area contributed by atoms with Crippen molar-refractivity contribution < 1.29 is 9.90 Å². The summed E-state index contributed by atoms with van der Waals surface area (Å²) in [6.07, 6.45) is 0. The molecule has 0 aromatic heterocycles. The first-order valence-electron chi connectivity index (χ1n) is 4.92. The Morgan fingerprint density at radius 3 is 2.81 bits per heavy atom. The van der Waals surface area contributed by atoms with E-state index in [1.165, 1.54) is 0 Å². The Bertz CT molecular complexity index is 371. The fraction of sp³-hybridized carbons (Fsp3) is 0.364. The van der Waals surface area contributed by atoms with E-state index in [2.05, 4.69) is 15.9 Å². The van der Waals surface area contributed by atoms with E-state index < -0.39 is 12.0 Å². The predicted octanol–water partition coefficient (Wildman–Crippen LogP) is 1.29.